The van der Waals surface area contributed by atoms with Crippen LogP contribution >= 0.6 is 0 Å². The maximum atomic E-state index is 12.2. The lowest BCUT2D eigenvalue weighted by Crippen LogP contribution is -2.50. The van der Waals surface area contributed by atoms with Crippen molar-refractivity contribution in [2.24, 2.45) is 0 Å². The standard InChI is InChI=1S/C15H27NO3/c1-2-3-4-5-6-8-14(17)16-10-7-9-15(13-16)18-11-12-19-15/h2-13H2,1H3. The van der Waals surface area contributed by atoms with E-state index in [2.05, 4.69) is 6.92 Å². The van der Waals surface area contributed by atoms with Crippen LogP contribution in [0.2, 0.25) is 0 Å². The molecule has 2 heterocycles. The molecular weight excluding hydrogens is 242 g/mol. The molecule has 0 aromatic rings. The molecule has 2 aliphatic rings. The number of unbranched alkanes of at least 4 members (excludes halogenated alkanes) is 4. The number of rotatable bonds is 6. The molecule has 2 rings (SSSR count). The molecule has 0 aliphatic carbocycles. The smallest absolute Gasteiger partial charge is 0.222 e. The van der Waals surface area contributed by atoms with Gasteiger partial charge in [-0.2, -0.15) is 0 Å². The fourth-order valence-corrected chi connectivity index (χ4v) is 2.97. The zero-order chi connectivity index (χ0) is 13.6. The Balaban J connectivity index is 1.70. The first-order valence-corrected chi connectivity index (χ1v) is 7.81. The summed E-state index contributed by atoms with van der Waals surface area (Å²) in [7, 11) is 0. The molecule has 0 aromatic carbocycles. The highest BCUT2D eigenvalue weighted by Gasteiger charge is 2.41. The number of hydrogen-bond acceptors (Lipinski definition) is 3. The number of amides is 1. The SMILES string of the molecule is CCCCCCCC(=O)N1CCCC2(C1)OCCO2. The van der Waals surface area contributed by atoms with Crippen molar-refractivity contribution < 1.29 is 14.3 Å². The minimum Gasteiger partial charge on any atom is -0.346 e. The highest BCUT2D eigenvalue weighted by Crippen LogP contribution is 2.30. The van der Waals surface area contributed by atoms with E-state index in [-0.39, 0.29) is 5.91 Å². The van der Waals surface area contributed by atoms with Crippen LogP contribution in [0, 0.1) is 0 Å². The fourth-order valence-electron chi connectivity index (χ4n) is 2.97. The number of ether oxygens (including phenoxy) is 2. The third kappa shape index (κ3) is 4.18. The summed E-state index contributed by atoms with van der Waals surface area (Å²) in [6, 6.07) is 0. The van der Waals surface area contributed by atoms with Gasteiger partial charge in [0.25, 0.3) is 0 Å². The van der Waals surface area contributed by atoms with Gasteiger partial charge in [-0.25, -0.2) is 0 Å². The van der Waals surface area contributed by atoms with Crippen LogP contribution in [-0.4, -0.2) is 42.9 Å². The van der Waals surface area contributed by atoms with Crippen LogP contribution in [0.25, 0.3) is 0 Å². The van der Waals surface area contributed by atoms with Gasteiger partial charge in [-0.05, 0) is 12.8 Å². The summed E-state index contributed by atoms with van der Waals surface area (Å²) in [4.78, 5) is 14.1. The van der Waals surface area contributed by atoms with E-state index >= 15 is 0 Å². The fraction of sp³-hybridized carbons (Fsp3) is 0.933. The van der Waals surface area contributed by atoms with Gasteiger partial charge in [0.1, 0.15) is 0 Å². The molecule has 0 unspecified atom stereocenters. The molecule has 0 aromatic heterocycles. The van der Waals surface area contributed by atoms with E-state index in [1.165, 1.54) is 25.7 Å². The van der Waals surface area contributed by atoms with E-state index < -0.39 is 5.79 Å². The predicted octanol–water partition coefficient (Wildman–Crippen LogP) is 2.71. The number of likely N-dealkylation sites (tertiary alicyclic amines) is 1. The van der Waals surface area contributed by atoms with Crippen molar-refractivity contribution in [3.8, 4) is 0 Å². The van der Waals surface area contributed by atoms with Crippen molar-refractivity contribution in [1.29, 1.82) is 0 Å². The van der Waals surface area contributed by atoms with Gasteiger partial charge in [-0.15, -0.1) is 0 Å². The van der Waals surface area contributed by atoms with Crippen LogP contribution in [0.1, 0.15) is 58.3 Å². The van der Waals surface area contributed by atoms with Gasteiger partial charge in [0.15, 0.2) is 5.79 Å². The molecule has 4 nitrogen and oxygen atoms in total. The second kappa shape index (κ2) is 7.25. The molecule has 1 amide bonds. The number of hydrogen-bond donors (Lipinski definition) is 0. The summed E-state index contributed by atoms with van der Waals surface area (Å²) in [6.07, 6.45) is 8.56. The number of carbonyl (C=O) groups excluding carboxylic acids is 1. The Morgan fingerprint density at radius 2 is 1.89 bits per heavy atom. The molecule has 0 atom stereocenters. The van der Waals surface area contributed by atoms with Crippen molar-refractivity contribution in [3.63, 3.8) is 0 Å². The monoisotopic (exact) mass is 269 g/mol. The Morgan fingerprint density at radius 3 is 2.63 bits per heavy atom. The van der Waals surface area contributed by atoms with Crippen molar-refractivity contribution in [2.75, 3.05) is 26.3 Å². The molecule has 110 valence electrons. The van der Waals surface area contributed by atoms with Crippen molar-refractivity contribution in [1.82, 2.24) is 4.90 Å². The Kier molecular flexibility index (Phi) is 5.64. The molecule has 4 heteroatoms. The first-order valence-electron chi connectivity index (χ1n) is 7.81. The highest BCUT2D eigenvalue weighted by molar-refractivity contribution is 5.76. The zero-order valence-corrected chi connectivity index (χ0v) is 12.2. The highest BCUT2D eigenvalue weighted by atomic mass is 16.7. The third-order valence-corrected chi connectivity index (χ3v) is 4.08. The van der Waals surface area contributed by atoms with Crippen molar-refractivity contribution >= 4 is 5.91 Å². The summed E-state index contributed by atoms with van der Waals surface area (Å²) >= 11 is 0. The van der Waals surface area contributed by atoms with Crippen molar-refractivity contribution in [2.45, 2.75) is 64.1 Å². The van der Waals surface area contributed by atoms with Gasteiger partial charge in [-0.1, -0.05) is 32.6 Å². The second-order valence-corrected chi connectivity index (χ2v) is 5.69. The van der Waals surface area contributed by atoms with Crippen LogP contribution in [-0.2, 0) is 14.3 Å². The van der Waals surface area contributed by atoms with Crippen LogP contribution in [0.5, 0.6) is 0 Å². The van der Waals surface area contributed by atoms with Gasteiger partial charge in [0.05, 0.1) is 19.8 Å². The lowest BCUT2D eigenvalue weighted by Gasteiger charge is -2.38. The molecule has 0 radical (unpaired) electrons. The lowest BCUT2D eigenvalue weighted by molar-refractivity contribution is -0.193. The summed E-state index contributed by atoms with van der Waals surface area (Å²) in [5.41, 5.74) is 0. The van der Waals surface area contributed by atoms with Gasteiger partial charge in [0, 0.05) is 19.4 Å². The number of nitrogens with zero attached hydrogens (tertiary/aromatic N) is 1. The average molecular weight is 269 g/mol. The second-order valence-electron chi connectivity index (χ2n) is 5.69. The Hall–Kier alpha value is -0.610. The molecule has 19 heavy (non-hydrogen) atoms. The molecule has 2 fully saturated rings. The number of piperidine rings is 1. The van der Waals surface area contributed by atoms with Crippen molar-refractivity contribution in [3.05, 3.63) is 0 Å². The first kappa shape index (κ1) is 14.8. The topological polar surface area (TPSA) is 38.8 Å². The first-order chi connectivity index (χ1) is 9.26. The van der Waals surface area contributed by atoms with E-state index in [1.807, 2.05) is 4.90 Å². The molecule has 0 bridgehead atoms. The van der Waals surface area contributed by atoms with E-state index in [0.717, 1.165) is 25.8 Å². The van der Waals surface area contributed by atoms with E-state index in [0.29, 0.717) is 26.2 Å². The van der Waals surface area contributed by atoms with E-state index in [9.17, 15) is 4.79 Å². The van der Waals surface area contributed by atoms with Crippen LogP contribution in [0.3, 0.4) is 0 Å². The lowest BCUT2D eigenvalue weighted by atomic mass is 10.0. The Labute approximate surface area is 116 Å². The molecule has 2 aliphatic heterocycles. The molecule has 2 saturated heterocycles. The van der Waals surface area contributed by atoms with E-state index in [4.69, 9.17) is 9.47 Å². The zero-order valence-electron chi connectivity index (χ0n) is 12.2. The summed E-state index contributed by atoms with van der Waals surface area (Å²) in [5, 5.41) is 0. The summed E-state index contributed by atoms with van der Waals surface area (Å²) < 4.78 is 11.4. The van der Waals surface area contributed by atoms with E-state index in [1.54, 1.807) is 0 Å². The predicted molar refractivity (Wildman–Crippen MR) is 73.8 cm³/mol. The molecule has 1 spiro atoms. The minimum atomic E-state index is -0.476. The van der Waals surface area contributed by atoms with Crippen LogP contribution < -0.4 is 0 Å². The molecule has 0 N–H and O–H groups in total. The number of carbonyl (C=O) groups is 1. The normalized spacial score (nSPS) is 22.1. The van der Waals surface area contributed by atoms with Crippen LogP contribution in [0.4, 0.5) is 0 Å². The average Bonchev–Trinajstić information content (AvgIpc) is 2.86. The minimum absolute atomic E-state index is 0.273. The van der Waals surface area contributed by atoms with Gasteiger partial charge in [-0.3, -0.25) is 4.79 Å². The maximum absolute atomic E-state index is 12.2. The summed E-state index contributed by atoms with van der Waals surface area (Å²) in [6.45, 7) is 5.03. The summed E-state index contributed by atoms with van der Waals surface area (Å²) in [5.74, 6) is -0.203. The van der Waals surface area contributed by atoms with Crippen LogP contribution in [0.15, 0.2) is 0 Å². The quantitative estimate of drug-likeness (QED) is 0.696. The van der Waals surface area contributed by atoms with Gasteiger partial charge in [0.2, 0.25) is 5.91 Å². The maximum Gasteiger partial charge on any atom is 0.222 e. The van der Waals surface area contributed by atoms with Gasteiger partial charge >= 0.3 is 0 Å². The Morgan fingerprint density at radius 1 is 1.16 bits per heavy atom. The van der Waals surface area contributed by atoms with Gasteiger partial charge < -0.3 is 14.4 Å². The molecular formula is C15H27NO3. The molecule has 0 saturated carbocycles. The Bertz CT molecular complexity index is 287. The largest absolute Gasteiger partial charge is 0.346 e. The third-order valence-electron chi connectivity index (χ3n) is 4.08.